The highest BCUT2D eigenvalue weighted by molar-refractivity contribution is 9.11. The number of carbonyl (C=O) groups is 1. The van der Waals surface area contributed by atoms with Gasteiger partial charge in [0.2, 0.25) is 0 Å². The number of ketones is 1. The fourth-order valence-corrected chi connectivity index (χ4v) is 4.11. The Bertz CT molecular complexity index is 722. The van der Waals surface area contributed by atoms with Crippen LogP contribution in [0.5, 0.6) is 0 Å². The number of Topliss-reactive ketones (excluding diaryl/α,β-unsaturated/α-hetero) is 1. The number of halogens is 2. The first kappa shape index (κ1) is 14.4. The van der Waals surface area contributed by atoms with Crippen LogP contribution in [0.25, 0.3) is 0 Å². The summed E-state index contributed by atoms with van der Waals surface area (Å²) in [6.45, 7) is 0. The summed E-state index contributed by atoms with van der Waals surface area (Å²) in [7, 11) is -3.82. The molecule has 0 aliphatic carbocycles. The molecule has 19 heavy (non-hydrogen) atoms. The van der Waals surface area contributed by atoms with Gasteiger partial charge >= 0.3 is 0 Å². The van der Waals surface area contributed by atoms with Gasteiger partial charge in [-0.05, 0) is 46.3 Å². The SMILES string of the molecule is O=C(CS(=O)(=O)c1cccc(F)c1)c1ccc(Br)s1. The molecule has 1 aromatic carbocycles. The molecular weight excluding hydrogens is 355 g/mol. The predicted molar refractivity (Wildman–Crippen MR) is 74.8 cm³/mol. The maximum absolute atomic E-state index is 13.0. The number of rotatable bonds is 4. The van der Waals surface area contributed by atoms with Gasteiger partial charge in [0.25, 0.3) is 0 Å². The summed E-state index contributed by atoms with van der Waals surface area (Å²) in [5.41, 5.74) is 0. The monoisotopic (exact) mass is 362 g/mol. The van der Waals surface area contributed by atoms with E-state index in [2.05, 4.69) is 15.9 Å². The zero-order valence-corrected chi connectivity index (χ0v) is 12.7. The molecule has 0 amide bonds. The van der Waals surface area contributed by atoms with Gasteiger partial charge in [0.15, 0.2) is 15.6 Å². The Morgan fingerprint density at radius 1 is 1.26 bits per heavy atom. The zero-order valence-electron chi connectivity index (χ0n) is 9.47. The third-order valence-corrected chi connectivity index (χ3v) is 5.60. The molecule has 0 radical (unpaired) electrons. The lowest BCUT2D eigenvalue weighted by atomic mass is 10.3. The summed E-state index contributed by atoms with van der Waals surface area (Å²) in [4.78, 5) is 12.0. The molecule has 3 nitrogen and oxygen atoms in total. The Balaban J connectivity index is 2.25. The van der Waals surface area contributed by atoms with Gasteiger partial charge in [0.05, 0.1) is 13.6 Å². The Labute approximate surface area is 122 Å². The fourth-order valence-electron chi connectivity index (χ4n) is 1.45. The second kappa shape index (κ2) is 5.52. The van der Waals surface area contributed by atoms with E-state index in [1.807, 2.05) is 0 Å². The Morgan fingerprint density at radius 2 is 2.00 bits per heavy atom. The van der Waals surface area contributed by atoms with Crippen molar-refractivity contribution in [2.75, 3.05) is 5.75 Å². The molecule has 2 rings (SSSR count). The van der Waals surface area contributed by atoms with Crippen LogP contribution in [0.1, 0.15) is 9.67 Å². The summed E-state index contributed by atoms with van der Waals surface area (Å²) in [5.74, 6) is -1.81. The first-order valence-electron chi connectivity index (χ1n) is 5.15. The Kier molecular flexibility index (Phi) is 4.17. The molecule has 0 N–H and O–H groups in total. The van der Waals surface area contributed by atoms with Crippen molar-refractivity contribution in [3.05, 3.63) is 50.9 Å². The summed E-state index contributed by atoms with van der Waals surface area (Å²) in [5, 5.41) is 0. The summed E-state index contributed by atoms with van der Waals surface area (Å²) in [6.07, 6.45) is 0. The summed E-state index contributed by atoms with van der Waals surface area (Å²) < 4.78 is 37.7. The van der Waals surface area contributed by atoms with Crippen LogP contribution in [-0.4, -0.2) is 20.0 Å². The second-order valence-corrected chi connectivity index (χ2v) is 8.20. The van der Waals surface area contributed by atoms with Crippen LogP contribution in [0.3, 0.4) is 0 Å². The molecule has 0 saturated carbocycles. The average molecular weight is 363 g/mol. The van der Waals surface area contributed by atoms with Crippen molar-refractivity contribution in [3.63, 3.8) is 0 Å². The van der Waals surface area contributed by atoms with Crippen molar-refractivity contribution in [3.8, 4) is 0 Å². The van der Waals surface area contributed by atoms with Gasteiger partial charge in [0, 0.05) is 0 Å². The number of carbonyl (C=O) groups excluding carboxylic acids is 1. The second-order valence-electron chi connectivity index (χ2n) is 3.74. The largest absolute Gasteiger partial charge is 0.292 e. The van der Waals surface area contributed by atoms with E-state index in [-0.39, 0.29) is 4.90 Å². The molecule has 1 aromatic heterocycles. The number of hydrogen-bond donors (Lipinski definition) is 0. The highest BCUT2D eigenvalue weighted by Crippen LogP contribution is 2.23. The number of thiophene rings is 1. The van der Waals surface area contributed by atoms with Crippen molar-refractivity contribution < 1.29 is 17.6 Å². The van der Waals surface area contributed by atoms with E-state index in [1.165, 1.54) is 12.1 Å². The van der Waals surface area contributed by atoms with Gasteiger partial charge in [-0.1, -0.05) is 6.07 Å². The fraction of sp³-hybridized carbons (Fsp3) is 0.0833. The lowest BCUT2D eigenvalue weighted by Gasteiger charge is -2.03. The quantitative estimate of drug-likeness (QED) is 0.784. The summed E-state index contributed by atoms with van der Waals surface area (Å²) in [6, 6.07) is 7.86. The first-order valence-corrected chi connectivity index (χ1v) is 8.41. The minimum absolute atomic E-state index is 0.184. The van der Waals surface area contributed by atoms with Crippen LogP contribution >= 0.6 is 27.3 Å². The van der Waals surface area contributed by atoms with Gasteiger partial charge in [-0.25, -0.2) is 12.8 Å². The molecule has 0 aliphatic rings. The lowest BCUT2D eigenvalue weighted by molar-refractivity contribution is 0.102. The number of sulfone groups is 1. The summed E-state index contributed by atoms with van der Waals surface area (Å²) >= 11 is 4.37. The van der Waals surface area contributed by atoms with Gasteiger partial charge in [-0.2, -0.15) is 0 Å². The molecule has 0 spiro atoms. The zero-order chi connectivity index (χ0) is 14.0. The van der Waals surface area contributed by atoms with Crippen molar-refractivity contribution in [2.24, 2.45) is 0 Å². The maximum atomic E-state index is 13.0. The van der Waals surface area contributed by atoms with Gasteiger partial charge in [-0.3, -0.25) is 4.79 Å². The van der Waals surface area contributed by atoms with Crippen LogP contribution < -0.4 is 0 Å². The Hall–Kier alpha value is -1.05. The van der Waals surface area contributed by atoms with E-state index in [0.29, 0.717) is 4.88 Å². The lowest BCUT2D eigenvalue weighted by Crippen LogP contribution is -2.15. The van der Waals surface area contributed by atoms with Crippen molar-refractivity contribution in [1.82, 2.24) is 0 Å². The topological polar surface area (TPSA) is 51.2 Å². The van der Waals surface area contributed by atoms with Crippen molar-refractivity contribution in [1.29, 1.82) is 0 Å². The maximum Gasteiger partial charge on any atom is 0.188 e. The van der Waals surface area contributed by atoms with Crippen LogP contribution in [0.15, 0.2) is 45.1 Å². The molecule has 0 aliphatic heterocycles. The molecule has 0 saturated heterocycles. The van der Waals surface area contributed by atoms with Gasteiger partial charge < -0.3 is 0 Å². The van der Waals surface area contributed by atoms with Gasteiger partial charge in [0.1, 0.15) is 11.6 Å². The van der Waals surface area contributed by atoms with Crippen LogP contribution in [0, 0.1) is 5.82 Å². The molecule has 100 valence electrons. The minimum atomic E-state index is -3.82. The Morgan fingerprint density at radius 3 is 2.58 bits per heavy atom. The van der Waals surface area contributed by atoms with Crippen LogP contribution in [-0.2, 0) is 9.84 Å². The molecule has 7 heteroatoms. The number of benzene rings is 1. The minimum Gasteiger partial charge on any atom is -0.292 e. The third-order valence-electron chi connectivity index (χ3n) is 2.32. The van der Waals surface area contributed by atoms with Crippen molar-refractivity contribution in [2.45, 2.75) is 4.90 Å². The first-order chi connectivity index (χ1) is 8.88. The standard InChI is InChI=1S/C12H8BrFO3S2/c13-12-5-4-11(18-12)10(15)7-19(16,17)9-3-1-2-8(14)6-9/h1-6H,7H2. The van der Waals surface area contributed by atoms with E-state index in [9.17, 15) is 17.6 Å². The van der Waals surface area contributed by atoms with E-state index in [1.54, 1.807) is 12.1 Å². The molecule has 0 bridgehead atoms. The van der Waals surface area contributed by atoms with Gasteiger partial charge in [-0.15, -0.1) is 11.3 Å². The van der Waals surface area contributed by atoms with Crippen molar-refractivity contribution >= 4 is 42.9 Å². The molecule has 2 aromatic rings. The predicted octanol–water partition coefficient (Wildman–Crippen LogP) is 3.31. The molecular formula is C12H8BrFO3S2. The highest BCUT2D eigenvalue weighted by atomic mass is 79.9. The van der Waals surface area contributed by atoms with E-state index < -0.39 is 27.2 Å². The van der Waals surface area contributed by atoms with Crippen LogP contribution in [0.4, 0.5) is 4.39 Å². The van der Waals surface area contributed by atoms with E-state index in [0.717, 1.165) is 27.3 Å². The molecule has 0 atom stereocenters. The van der Waals surface area contributed by atoms with E-state index in [4.69, 9.17) is 0 Å². The smallest absolute Gasteiger partial charge is 0.188 e. The molecule has 0 fully saturated rings. The molecule has 1 heterocycles. The van der Waals surface area contributed by atoms with E-state index >= 15 is 0 Å². The highest BCUT2D eigenvalue weighted by Gasteiger charge is 2.21. The normalized spacial score (nSPS) is 11.5. The molecule has 0 unspecified atom stereocenters. The van der Waals surface area contributed by atoms with Crippen LogP contribution in [0.2, 0.25) is 0 Å². The third kappa shape index (κ3) is 3.49. The average Bonchev–Trinajstić information content (AvgIpc) is 2.75. The number of hydrogen-bond acceptors (Lipinski definition) is 4.